The molecular weight excluding hydrogens is 412 g/mol. The number of hydrogen-bond acceptors (Lipinski definition) is 5. The van der Waals surface area contributed by atoms with E-state index in [4.69, 9.17) is 16.0 Å². The Kier molecular flexibility index (Phi) is 5.16. The molecule has 158 valence electrons. The summed E-state index contributed by atoms with van der Waals surface area (Å²) in [6.45, 7) is 3.61. The molecule has 5 rings (SSSR count). The largest absolute Gasteiger partial charge is 0.507 e. The summed E-state index contributed by atoms with van der Waals surface area (Å²) in [5.41, 5.74) is 2.62. The summed E-state index contributed by atoms with van der Waals surface area (Å²) in [7, 11) is 0. The highest BCUT2D eigenvalue weighted by Gasteiger charge is 2.32. The van der Waals surface area contributed by atoms with Crippen molar-refractivity contribution in [2.75, 3.05) is 13.1 Å². The standard InChI is InChI=1S/C25H23ClN2O3/c1-15-8-7-9-16-14-18(24(26)27-21(15)16)22(28-12-5-2-6-13-28)20-23(29)17-10-3-4-11-19(17)31-25(20)30/h3-4,7-11,14,22,29H,2,5-6,12-13H2,1H3. The second-order valence-electron chi connectivity index (χ2n) is 8.16. The van der Waals surface area contributed by atoms with Crippen LogP contribution in [0.15, 0.2) is 57.7 Å². The number of piperidine rings is 1. The zero-order valence-electron chi connectivity index (χ0n) is 17.3. The van der Waals surface area contributed by atoms with Crippen LogP contribution in [0.4, 0.5) is 0 Å². The van der Waals surface area contributed by atoms with Gasteiger partial charge in [0.15, 0.2) is 0 Å². The van der Waals surface area contributed by atoms with Crippen LogP contribution in [0.3, 0.4) is 0 Å². The lowest BCUT2D eigenvalue weighted by Gasteiger charge is -2.35. The number of pyridine rings is 1. The predicted molar refractivity (Wildman–Crippen MR) is 123 cm³/mol. The predicted octanol–water partition coefficient (Wildman–Crippen LogP) is 5.58. The molecule has 0 amide bonds. The van der Waals surface area contributed by atoms with Gasteiger partial charge in [0, 0.05) is 10.9 Å². The SMILES string of the molecule is Cc1cccc2cc(C(c3c(O)c4ccccc4oc3=O)N3CCCCC3)c(Cl)nc12. The molecule has 1 N–H and O–H groups in total. The van der Waals surface area contributed by atoms with Crippen molar-refractivity contribution in [3.05, 3.63) is 80.8 Å². The van der Waals surface area contributed by atoms with E-state index in [1.54, 1.807) is 18.2 Å². The van der Waals surface area contributed by atoms with Gasteiger partial charge >= 0.3 is 5.63 Å². The molecule has 1 fully saturated rings. The van der Waals surface area contributed by atoms with Crippen LogP contribution in [-0.4, -0.2) is 28.1 Å². The highest BCUT2D eigenvalue weighted by atomic mass is 35.5. The summed E-state index contributed by atoms with van der Waals surface area (Å²) >= 11 is 6.71. The molecule has 4 aromatic rings. The first kappa shape index (κ1) is 20.0. The summed E-state index contributed by atoms with van der Waals surface area (Å²) in [5.74, 6) is -0.0529. The quantitative estimate of drug-likeness (QED) is 0.336. The summed E-state index contributed by atoms with van der Waals surface area (Å²) < 4.78 is 5.61. The van der Waals surface area contributed by atoms with Gasteiger partial charge < -0.3 is 9.52 Å². The van der Waals surface area contributed by atoms with E-state index in [0.717, 1.165) is 48.8 Å². The smallest absolute Gasteiger partial charge is 0.345 e. The third-order valence-electron chi connectivity index (χ3n) is 6.17. The van der Waals surface area contributed by atoms with Gasteiger partial charge in [-0.15, -0.1) is 0 Å². The van der Waals surface area contributed by atoms with Crippen LogP contribution in [0.25, 0.3) is 21.9 Å². The number of aryl methyl sites for hydroxylation is 1. The van der Waals surface area contributed by atoms with Crippen LogP contribution >= 0.6 is 11.6 Å². The van der Waals surface area contributed by atoms with Gasteiger partial charge in [-0.25, -0.2) is 9.78 Å². The normalized spacial score (nSPS) is 16.1. The highest BCUT2D eigenvalue weighted by Crippen LogP contribution is 2.40. The number of aromatic hydroxyl groups is 1. The molecule has 1 aliphatic rings. The number of nitrogens with zero attached hydrogens (tertiary/aromatic N) is 2. The third-order valence-corrected chi connectivity index (χ3v) is 6.47. The van der Waals surface area contributed by atoms with Gasteiger partial charge in [0.05, 0.1) is 16.9 Å². The van der Waals surface area contributed by atoms with Crippen molar-refractivity contribution in [3.8, 4) is 5.75 Å². The van der Waals surface area contributed by atoms with Crippen molar-refractivity contribution in [3.63, 3.8) is 0 Å². The first-order valence-corrected chi connectivity index (χ1v) is 11.0. The molecule has 1 unspecified atom stereocenters. The van der Waals surface area contributed by atoms with Crippen LogP contribution in [-0.2, 0) is 0 Å². The second-order valence-corrected chi connectivity index (χ2v) is 8.52. The van der Waals surface area contributed by atoms with Gasteiger partial charge in [0.2, 0.25) is 0 Å². The molecule has 5 nitrogen and oxygen atoms in total. The molecule has 31 heavy (non-hydrogen) atoms. The zero-order valence-corrected chi connectivity index (χ0v) is 18.0. The van der Waals surface area contributed by atoms with E-state index in [1.807, 2.05) is 37.3 Å². The number of halogens is 1. The molecule has 0 saturated carbocycles. The summed E-state index contributed by atoms with van der Waals surface area (Å²) in [4.78, 5) is 20.0. The first-order valence-electron chi connectivity index (χ1n) is 10.6. The summed E-state index contributed by atoms with van der Waals surface area (Å²) in [6.07, 6.45) is 3.19. The van der Waals surface area contributed by atoms with E-state index in [2.05, 4.69) is 9.88 Å². The van der Waals surface area contributed by atoms with Gasteiger partial charge in [-0.3, -0.25) is 4.90 Å². The molecule has 1 atom stereocenters. The number of aromatic nitrogens is 1. The Morgan fingerprint density at radius 3 is 2.68 bits per heavy atom. The van der Waals surface area contributed by atoms with Crippen molar-refractivity contribution >= 4 is 33.5 Å². The maximum Gasteiger partial charge on any atom is 0.345 e. The number of benzene rings is 2. The second kappa shape index (κ2) is 7.98. The number of para-hydroxylation sites is 2. The molecule has 0 radical (unpaired) electrons. The van der Waals surface area contributed by atoms with Crippen molar-refractivity contribution in [2.24, 2.45) is 0 Å². The maximum atomic E-state index is 13.1. The molecule has 2 aromatic carbocycles. The summed E-state index contributed by atoms with van der Waals surface area (Å²) in [5, 5.41) is 13.0. The van der Waals surface area contributed by atoms with E-state index >= 15 is 0 Å². The number of rotatable bonds is 3. The number of hydrogen-bond donors (Lipinski definition) is 1. The van der Waals surface area contributed by atoms with Gasteiger partial charge in [-0.2, -0.15) is 0 Å². The van der Waals surface area contributed by atoms with E-state index in [-0.39, 0.29) is 11.3 Å². The fourth-order valence-electron chi connectivity index (χ4n) is 4.63. The number of fused-ring (bicyclic) bond motifs is 2. The maximum absolute atomic E-state index is 13.1. The van der Waals surface area contributed by atoms with Gasteiger partial charge in [0.25, 0.3) is 0 Å². The Hall–Kier alpha value is -2.89. The van der Waals surface area contributed by atoms with E-state index in [9.17, 15) is 9.90 Å². The fraction of sp³-hybridized carbons (Fsp3) is 0.280. The molecule has 0 bridgehead atoms. The molecule has 1 aliphatic heterocycles. The van der Waals surface area contributed by atoms with Crippen LogP contribution in [0.1, 0.15) is 42.0 Å². The lowest BCUT2D eigenvalue weighted by molar-refractivity contribution is 0.182. The topological polar surface area (TPSA) is 66.6 Å². The molecule has 6 heteroatoms. The van der Waals surface area contributed by atoms with E-state index in [0.29, 0.717) is 21.7 Å². The third kappa shape index (κ3) is 3.48. The van der Waals surface area contributed by atoms with Crippen LogP contribution < -0.4 is 5.63 Å². The van der Waals surface area contributed by atoms with E-state index in [1.165, 1.54) is 0 Å². The fourth-order valence-corrected chi connectivity index (χ4v) is 4.88. The monoisotopic (exact) mass is 434 g/mol. The van der Waals surface area contributed by atoms with Crippen LogP contribution in [0.5, 0.6) is 5.75 Å². The minimum atomic E-state index is -0.549. The lowest BCUT2D eigenvalue weighted by Crippen LogP contribution is -2.36. The Morgan fingerprint density at radius 2 is 1.87 bits per heavy atom. The zero-order chi connectivity index (χ0) is 21.5. The average molecular weight is 435 g/mol. The average Bonchev–Trinajstić information content (AvgIpc) is 2.78. The van der Waals surface area contributed by atoms with Crippen molar-refractivity contribution in [1.82, 2.24) is 9.88 Å². The van der Waals surface area contributed by atoms with Crippen molar-refractivity contribution in [1.29, 1.82) is 0 Å². The Morgan fingerprint density at radius 1 is 1.10 bits per heavy atom. The Labute approximate surface area is 184 Å². The van der Waals surface area contributed by atoms with Crippen LogP contribution in [0, 0.1) is 6.92 Å². The van der Waals surface area contributed by atoms with Crippen LogP contribution in [0.2, 0.25) is 5.15 Å². The Bertz CT molecular complexity index is 1340. The lowest BCUT2D eigenvalue weighted by atomic mass is 9.94. The summed E-state index contributed by atoms with van der Waals surface area (Å²) in [6, 6.07) is 14.5. The minimum absolute atomic E-state index is 0.0529. The molecule has 1 saturated heterocycles. The minimum Gasteiger partial charge on any atom is -0.507 e. The molecular formula is C25H23ClN2O3. The molecule has 0 spiro atoms. The highest BCUT2D eigenvalue weighted by molar-refractivity contribution is 6.30. The molecule has 0 aliphatic carbocycles. The molecule has 2 aromatic heterocycles. The van der Waals surface area contributed by atoms with Crippen molar-refractivity contribution in [2.45, 2.75) is 32.2 Å². The first-order chi connectivity index (χ1) is 15.0. The van der Waals surface area contributed by atoms with Gasteiger partial charge in [-0.05, 0) is 56.6 Å². The van der Waals surface area contributed by atoms with Crippen molar-refractivity contribution < 1.29 is 9.52 Å². The molecule has 3 heterocycles. The van der Waals surface area contributed by atoms with Gasteiger partial charge in [0.1, 0.15) is 22.0 Å². The Balaban J connectivity index is 1.79. The number of likely N-dealkylation sites (tertiary alicyclic amines) is 1. The van der Waals surface area contributed by atoms with E-state index < -0.39 is 11.7 Å². The van der Waals surface area contributed by atoms with Gasteiger partial charge in [-0.1, -0.05) is 48.4 Å².